The van der Waals surface area contributed by atoms with Crippen molar-refractivity contribution in [2.24, 2.45) is 0 Å². The number of nitrogens with zero attached hydrogens (tertiary/aromatic N) is 4. The average molecular weight is 328 g/mol. The van der Waals surface area contributed by atoms with Gasteiger partial charge >= 0.3 is 0 Å². The molecule has 0 spiro atoms. The lowest BCUT2D eigenvalue weighted by atomic mass is 10.1. The fourth-order valence-electron chi connectivity index (χ4n) is 2.95. The van der Waals surface area contributed by atoms with Gasteiger partial charge in [-0.25, -0.2) is 4.98 Å². The molecule has 126 valence electrons. The topological polar surface area (TPSA) is 75.5 Å². The van der Waals surface area contributed by atoms with E-state index < -0.39 is 0 Å². The molecule has 1 aliphatic heterocycles. The number of pyridine rings is 2. The summed E-state index contributed by atoms with van der Waals surface area (Å²) in [6, 6.07) is 3.51. The number of aryl methyl sites for hydroxylation is 2. The molecule has 24 heavy (non-hydrogen) atoms. The molecule has 2 amide bonds. The second kappa shape index (κ2) is 6.43. The predicted molar refractivity (Wildman–Crippen MR) is 90.0 cm³/mol. The van der Waals surface area contributed by atoms with Crippen LogP contribution in [0.15, 0.2) is 23.1 Å². The summed E-state index contributed by atoms with van der Waals surface area (Å²) in [7, 11) is 0. The molecule has 0 bridgehead atoms. The third-order valence-electron chi connectivity index (χ3n) is 4.38. The maximum Gasteiger partial charge on any atom is 0.259 e. The molecule has 0 atom stereocenters. The van der Waals surface area contributed by atoms with E-state index in [4.69, 9.17) is 0 Å². The summed E-state index contributed by atoms with van der Waals surface area (Å²) in [5.41, 5.74) is 1.30. The van der Waals surface area contributed by atoms with Gasteiger partial charge in [-0.05, 0) is 26.0 Å². The highest BCUT2D eigenvalue weighted by Gasteiger charge is 2.24. The summed E-state index contributed by atoms with van der Waals surface area (Å²) >= 11 is 0. The summed E-state index contributed by atoms with van der Waals surface area (Å²) in [6.45, 7) is 6.30. The van der Waals surface area contributed by atoms with Crippen molar-refractivity contribution < 1.29 is 9.59 Å². The minimum atomic E-state index is -0.287. The average Bonchev–Trinajstić information content (AvgIpc) is 2.61. The van der Waals surface area contributed by atoms with Crippen molar-refractivity contribution >= 4 is 23.4 Å². The molecule has 1 saturated heterocycles. The lowest BCUT2D eigenvalue weighted by Gasteiger charge is -2.32. The van der Waals surface area contributed by atoms with Gasteiger partial charge in [-0.1, -0.05) is 0 Å². The van der Waals surface area contributed by atoms with Gasteiger partial charge in [-0.15, -0.1) is 0 Å². The molecule has 2 aromatic rings. The molecule has 0 unspecified atom stereocenters. The van der Waals surface area contributed by atoms with Crippen LogP contribution in [0, 0.1) is 6.92 Å². The molecule has 3 heterocycles. The van der Waals surface area contributed by atoms with Crippen LogP contribution < -0.4 is 5.43 Å². The van der Waals surface area contributed by atoms with E-state index in [2.05, 4.69) is 4.98 Å². The number of hydrogen-bond acceptors (Lipinski definition) is 4. The minimum absolute atomic E-state index is 0.162. The number of fused-ring (bicyclic) bond motifs is 1. The van der Waals surface area contributed by atoms with E-state index in [1.54, 1.807) is 28.1 Å². The zero-order valence-electron chi connectivity index (χ0n) is 13.9. The first-order valence-electron chi connectivity index (χ1n) is 8.04. The van der Waals surface area contributed by atoms with Gasteiger partial charge in [0.2, 0.25) is 11.8 Å². The number of aromatic nitrogens is 2. The van der Waals surface area contributed by atoms with E-state index >= 15 is 0 Å². The van der Waals surface area contributed by atoms with Crippen molar-refractivity contribution in [3.63, 3.8) is 0 Å². The normalized spacial score (nSPS) is 14.9. The molecule has 1 aliphatic rings. The van der Waals surface area contributed by atoms with Crippen molar-refractivity contribution in [1.29, 1.82) is 0 Å². The number of piperazine rings is 1. The summed E-state index contributed by atoms with van der Waals surface area (Å²) in [4.78, 5) is 44.0. The molecule has 1 fully saturated rings. The minimum Gasteiger partial charge on any atom is -0.342 e. The Hall–Kier alpha value is -2.70. The highest BCUT2D eigenvalue weighted by Crippen LogP contribution is 2.13. The van der Waals surface area contributed by atoms with Crippen LogP contribution in [-0.2, 0) is 11.3 Å². The maximum atomic E-state index is 12.8. The van der Waals surface area contributed by atoms with Crippen LogP contribution in [-0.4, -0.2) is 57.8 Å². The molecule has 0 aliphatic carbocycles. The van der Waals surface area contributed by atoms with Crippen molar-refractivity contribution in [3.8, 4) is 0 Å². The standard InChI is InChI=1S/C17H20N4O3/c1-3-20-10-14(15(23)13-5-4-12(2)18-16(13)20)17(24)21-8-6-19(11-22)7-9-21/h4-5,10-11H,3,6-9H2,1-2H3. The Bertz CT molecular complexity index is 851. The Kier molecular flexibility index (Phi) is 4.33. The predicted octanol–water partition coefficient (Wildman–Crippen LogP) is 0.639. The smallest absolute Gasteiger partial charge is 0.259 e. The van der Waals surface area contributed by atoms with Crippen molar-refractivity contribution in [2.75, 3.05) is 26.2 Å². The van der Waals surface area contributed by atoms with Gasteiger partial charge in [0.25, 0.3) is 5.91 Å². The molecule has 7 nitrogen and oxygen atoms in total. The monoisotopic (exact) mass is 328 g/mol. The zero-order valence-corrected chi connectivity index (χ0v) is 13.9. The number of carbonyl (C=O) groups excluding carboxylic acids is 2. The van der Waals surface area contributed by atoms with Gasteiger partial charge in [0.15, 0.2) is 0 Å². The maximum absolute atomic E-state index is 12.8. The van der Waals surface area contributed by atoms with Crippen molar-refractivity contribution in [1.82, 2.24) is 19.4 Å². The summed E-state index contributed by atoms with van der Waals surface area (Å²) in [5.74, 6) is -0.282. The second-order valence-corrected chi connectivity index (χ2v) is 5.92. The molecular weight excluding hydrogens is 308 g/mol. The molecule has 0 aromatic carbocycles. The fourth-order valence-corrected chi connectivity index (χ4v) is 2.95. The van der Waals surface area contributed by atoms with Gasteiger partial charge in [-0.3, -0.25) is 14.4 Å². The molecule has 0 N–H and O–H groups in total. The van der Waals surface area contributed by atoms with Gasteiger partial charge in [0.1, 0.15) is 11.2 Å². The lowest BCUT2D eigenvalue weighted by molar-refractivity contribution is -0.119. The number of carbonyl (C=O) groups is 2. The lowest BCUT2D eigenvalue weighted by Crippen LogP contribution is -2.49. The van der Waals surface area contributed by atoms with Crippen LogP contribution in [0.4, 0.5) is 0 Å². The number of amides is 2. The van der Waals surface area contributed by atoms with Crippen molar-refractivity contribution in [2.45, 2.75) is 20.4 Å². The summed E-state index contributed by atoms with van der Waals surface area (Å²) in [6.07, 6.45) is 2.39. The highest BCUT2D eigenvalue weighted by atomic mass is 16.2. The molecule has 2 aromatic heterocycles. The zero-order chi connectivity index (χ0) is 17.3. The van der Waals surface area contributed by atoms with E-state index in [-0.39, 0.29) is 16.9 Å². The van der Waals surface area contributed by atoms with Gasteiger partial charge in [-0.2, -0.15) is 0 Å². The Balaban J connectivity index is 2.02. The van der Waals surface area contributed by atoms with Crippen LogP contribution in [0.5, 0.6) is 0 Å². The highest BCUT2D eigenvalue weighted by molar-refractivity contribution is 5.97. The number of rotatable bonds is 3. The van der Waals surface area contributed by atoms with Crippen LogP contribution in [0.25, 0.3) is 11.0 Å². The Labute approximate surface area is 139 Å². The molecule has 0 radical (unpaired) electrons. The SMILES string of the molecule is CCn1cc(C(=O)N2CCN(C=O)CC2)c(=O)c2ccc(C)nc21. The molecule has 7 heteroatoms. The Morgan fingerprint density at radius 2 is 1.96 bits per heavy atom. The molecular formula is C17H20N4O3. The van der Waals surface area contributed by atoms with E-state index in [1.807, 2.05) is 18.4 Å². The Morgan fingerprint density at radius 1 is 1.25 bits per heavy atom. The van der Waals surface area contributed by atoms with Crippen LogP contribution in [0.2, 0.25) is 0 Å². The molecule has 3 rings (SSSR count). The summed E-state index contributed by atoms with van der Waals surface area (Å²) in [5, 5.41) is 0.458. The van der Waals surface area contributed by atoms with Crippen LogP contribution >= 0.6 is 0 Å². The fraction of sp³-hybridized carbons (Fsp3) is 0.412. The Morgan fingerprint density at radius 3 is 2.58 bits per heavy atom. The van der Waals surface area contributed by atoms with Crippen LogP contribution in [0.3, 0.4) is 0 Å². The third kappa shape index (κ3) is 2.77. The first-order chi connectivity index (χ1) is 11.5. The van der Waals surface area contributed by atoms with E-state index in [9.17, 15) is 14.4 Å². The first-order valence-corrected chi connectivity index (χ1v) is 8.04. The first kappa shape index (κ1) is 16.2. The quantitative estimate of drug-likeness (QED) is 0.775. The van der Waals surface area contributed by atoms with Gasteiger partial charge < -0.3 is 14.4 Å². The van der Waals surface area contributed by atoms with Gasteiger partial charge in [0, 0.05) is 44.6 Å². The van der Waals surface area contributed by atoms with E-state index in [0.29, 0.717) is 43.8 Å². The van der Waals surface area contributed by atoms with Crippen molar-refractivity contribution in [3.05, 3.63) is 39.8 Å². The van der Waals surface area contributed by atoms with Crippen LogP contribution in [0.1, 0.15) is 23.0 Å². The second-order valence-electron chi connectivity index (χ2n) is 5.92. The number of hydrogen-bond donors (Lipinski definition) is 0. The van der Waals surface area contributed by atoms with E-state index in [0.717, 1.165) is 12.1 Å². The van der Waals surface area contributed by atoms with Gasteiger partial charge in [0.05, 0.1) is 5.39 Å². The molecule has 0 saturated carbocycles. The third-order valence-corrected chi connectivity index (χ3v) is 4.38. The van der Waals surface area contributed by atoms with E-state index in [1.165, 1.54) is 0 Å². The largest absolute Gasteiger partial charge is 0.342 e. The summed E-state index contributed by atoms with van der Waals surface area (Å²) < 4.78 is 1.83.